The molecule has 2 aliphatic rings. The minimum atomic E-state index is -4.61. The van der Waals surface area contributed by atoms with Crippen LogP contribution < -0.4 is 21.7 Å². The van der Waals surface area contributed by atoms with Crippen molar-refractivity contribution in [3.05, 3.63) is 53.5 Å². The predicted octanol–water partition coefficient (Wildman–Crippen LogP) is 4.38. The highest BCUT2D eigenvalue weighted by Gasteiger charge is 2.35. The first-order valence-corrected chi connectivity index (χ1v) is 13.4. The summed E-state index contributed by atoms with van der Waals surface area (Å²) in [5.41, 5.74) is 5.97. The standard InChI is InChI=1S/C28H37F3N8O/c1-27(2,3)20-8-11-39(17-20)26(40)36-14-19-5-4-18(12-23(19)28(29,30)31)24-7-10-34-25(38-24)37-22(13-32)16-35-21-6-9-33-15-21/h4-5,7,10,12-13,16,20-21,33H,6,8-9,11,14-15,17,32H2,1-3H3,(H,36,40)(H,34,37,38)/t20?,21-/m0/s1. The molecule has 3 heterocycles. The fourth-order valence-electron chi connectivity index (χ4n) is 4.87. The van der Waals surface area contributed by atoms with Crippen LogP contribution in [0, 0.1) is 11.3 Å². The van der Waals surface area contributed by atoms with Crippen molar-refractivity contribution in [1.82, 2.24) is 25.5 Å². The molecule has 9 nitrogen and oxygen atoms in total. The number of alkyl halides is 3. The van der Waals surface area contributed by atoms with Crippen LogP contribution in [0.4, 0.5) is 23.9 Å². The number of carbonyl (C=O) groups excluding carboxylic acids is 1. The van der Waals surface area contributed by atoms with E-state index in [1.54, 1.807) is 17.2 Å². The molecule has 1 aromatic carbocycles. The highest BCUT2D eigenvalue weighted by Crippen LogP contribution is 2.36. The van der Waals surface area contributed by atoms with Crippen molar-refractivity contribution in [2.45, 2.75) is 52.4 Å². The van der Waals surface area contributed by atoms with Gasteiger partial charge in [0, 0.05) is 50.4 Å². The lowest BCUT2D eigenvalue weighted by atomic mass is 9.80. The molecule has 12 heteroatoms. The lowest BCUT2D eigenvalue weighted by molar-refractivity contribution is -0.138. The van der Waals surface area contributed by atoms with Crippen molar-refractivity contribution in [2.75, 3.05) is 31.5 Å². The quantitative estimate of drug-likeness (QED) is 0.374. The van der Waals surface area contributed by atoms with Crippen LogP contribution in [0.1, 0.15) is 44.7 Å². The van der Waals surface area contributed by atoms with Gasteiger partial charge in [0.05, 0.1) is 23.0 Å². The molecule has 40 heavy (non-hydrogen) atoms. The average molecular weight is 559 g/mol. The number of anilines is 1. The summed E-state index contributed by atoms with van der Waals surface area (Å²) in [5.74, 6) is 0.526. The Balaban J connectivity index is 1.46. The first-order chi connectivity index (χ1) is 18.9. The number of nitrogens with two attached hydrogens (primary N) is 1. The molecular formula is C28H37F3N8O. The molecule has 2 fully saturated rings. The Kier molecular flexibility index (Phi) is 8.97. The van der Waals surface area contributed by atoms with Crippen molar-refractivity contribution >= 4 is 18.2 Å². The number of allylic oxidation sites excluding steroid dienone is 1. The van der Waals surface area contributed by atoms with E-state index in [1.165, 1.54) is 24.5 Å². The summed E-state index contributed by atoms with van der Waals surface area (Å²) in [6.07, 6.45) is 1.58. The molecule has 0 spiro atoms. The van der Waals surface area contributed by atoms with Gasteiger partial charge in [-0.15, -0.1) is 0 Å². The number of hydrogen-bond donors (Lipinski definition) is 4. The number of hydrogen-bond acceptors (Lipinski definition) is 7. The number of nitrogens with zero attached hydrogens (tertiary/aromatic N) is 4. The minimum absolute atomic E-state index is 0.0189. The van der Waals surface area contributed by atoms with E-state index in [0.29, 0.717) is 30.4 Å². The molecule has 0 saturated carbocycles. The Bertz CT molecular complexity index is 1250. The van der Waals surface area contributed by atoms with Gasteiger partial charge in [-0.1, -0.05) is 32.9 Å². The number of nitrogens with one attached hydrogen (secondary N) is 3. The number of carbonyl (C=O) groups is 1. The fraction of sp³-hybridized carbons (Fsp3) is 0.500. The van der Waals surface area contributed by atoms with Gasteiger partial charge in [-0.3, -0.25) is 4.99 Å². The molecule has 5 N–H and O–H groups in total. The Morgan fingerprint density at radius 3 is 2.70 bits per heavy atom. The van der Waals surface area contributed by atoms with Gasteiger partial charge in [-0.2, -0.15) is 13.2 Å². The maximum absolute atomic E-state index is 14.1. The summed E-state index contributed by atoms with van der Waals surface area (Å²) >= 11 is 0. The van der Waals surface area contributed by atoms with Gasteiger partial charge in [0.25, 0.3) is 0 Å². The molecule has 2 amide bonds. The van der Waals surface area contributed by atoms with Gasteiger partial charge in [0.2, 0.25) is 5.95 Å². The second-order valence-corrected chi connectivity index (χ2v) is 11.3. The largest absolute Gasteiger partial charge is 0.416 e. The van der Waals surface area contributed by atoms with Crippen LogP contribution in [0.5, 0.6) is 0 Å². The van der Waals surface area contributed by atoms with Crippen LogP contribution in [0.3, 0.4) is 0 Å². The van der Waals surface area contributed by atoms with E-state index in [0.717, 1.165) is 32.0 Å². The average Bonchev–Trinajstić information content (AvgIpc) is 3.62. The zero-order valence-corrected chi connectivity index (χ0v) is 23.1. The fourth-order valence-corrected chi connectivity index (χ4v) is 4.87. The van der Waals surface area contributed by atoms with Crippen LogP contribution in [-0.4, -0.2) is 59.3 Å². The van der Waals surface area contributed by atoms with Gasteiger partial charge in [0.15, 0.2) is 0 Å². The molecule has 2 saturated heterocycles. The Morgan fingerprint density at radius 2 is 2.05 bits per heavy atom. The number of aromatic nitrogens is 2. The van der Waals surface area contributed by atoms with E-state index >= 15 is 0 Å². The first kappa shape index (κ1) is 29.3. The maximum atomic E-state index is 14.1. The zero-order chi connectivity index (χ0) is 28.9. The van der Waals surface area contributed by atoms with Crippen LogP contribution in [0.2, 0.25) is 0 Å². The molecule has 2 atom stereocenters. The van der Waals surface area contributed by atoms with Gasteiger partial charge in [-0.25, -0.2) is 14.8 Å². The zero-order valence-electron chi connectivity index (χ0n) is 23.1. The van der Waals surface area contributed by atoms with E-state index < -0.39 is 11.7 Å². The Hall–Kier alpha value is -3.67. The number of amides is 2. The van der Waals surface area contributed by atoms with E-state index in [1.807, 2.05) is 0 Å². The topological polar surface area (TPSA) is 121 Å². The number of urea groups is 1. The van der Waals surface area contributed by atoms with Crippen molar-refractivity contribution in [2.24, 2.45) is 22.1 Å². The number of aliphatic imine (C=N–C) groups is 1. The maximum Gasteiger partial charge on any atom is 0.416 e. The lowest BCUT2D eigenvalue weighted by Crippen LogP contribution is -2.39. The Labute approximate surface area is 232 Å². The molecule has 2 aliphatic heterocycles. The number of rotatable bonds is 7. The third-order valence-electron chi connectivity index (χ3n) is 7.39. The molecule has 216 valence electrons. The van der Waals surface area contributed by atoms with Crippen LogP contribution in [0.25, 0.3) is 11.3 Å². The van der Waals surface area contributed by atoms with Gasteiger partial charge in [0.1, 0.15) is 0 Å². The summed E-state index contributed by atoms with van der Waals surface area (Å²) in [4.78, 5) is 27.4. The van der Waals surface area contributed by atoms with Crippen LogP contribution >= 0.6 is 0 Å². The molecule has 2 aromatic rings. The number of likely N-dealkylation sites (tertiary alicyclic amines) is 1. The molecule has 1 unspecified atom stereocenters. The molecule has 0 radical (unpaired) electrons. The van der Waals surface area contributed by atoms with Gasteiger partial charge < -0.3 is 26.6 Å². The van der Waals surface area contributed by atoms with Crippen molar-refractivity contribution in [3.63, 3.8) is 0 Å². The first-order valence-electron chi connectivity index (χ1n) is 13.4. The predicted molar refractivity (Wildman–Crippen MR) is 150 cm³/mol. The Morgan fingerprint density at radius 1 is 1.25 bits per heavy atom. The minimum Gasteiger partial charge on any atom is -0.403 e. The van der Waals surface area contributed by atoms with Crippen molar-refractivity contribution < 1.29 is 18.0 Å². The monoisotopic (exact) mass is 558 g/mol. The normalized spacial score (nSPS) is 20.4. The van der Waals surface area contributed by atoms with Gasteiger partial charge in [-0.05, 0) is 48.4 Å². The molecular weight excluding hydrogens is 521 g/mol. The number of benzene rings is 1. The van der Waals surface area contributed by atoms with E-state index in [9.17, 15) is 18.0 Å². The smallest absolute Gasteiger partial charge is 0.403 e. The summed E-state index contributed by atoms with van der Waals surface area (Å²) < 4.78 is 42.2. The lowest BCUT2D eigenvalue weighted by Gasteiger charge is -2.27. The van der Waals surface area contributed by atoms with Crippen molar-refractivity contribution in [3.8, 4) is 11.3 Å². The molecule has 0 aliphatic carbocycles. The highest BCUT2D eigenvalue weighted by atomic mass is 19.4. The van der Waals surface area contributed by atoms with Crippen molar-refractivity contribution in [1.29, 1.82) is 0 Å². The molecule has 4 rings (SSSR count). The van der Waals surface area contributed by atoms with Gasteiger partial charge >= 0.3 is 12.2 Å². The summed E-state index contributed by atoms with van der Waals surface area (Å²) in [6.45, 7) is 9.03. The second kappa shape index (κ2) is 12.2. The van der Waals surface area contributed by atoms with E-state index in [4.69, 9.17) is 5.73 Å². The van der Waals surface area contributed by atoms with Crippen LogP contribution in [-0.2, 0) is 12.7 Å². The summed E-state index contributed by atoms with van der Waals surface area (Å²) in [7, 11) is 0. The highest BCUT2D eigenvalue weighted by molar-refractivity contribution is 5.82. The van der Waals surface area contributed by atoms with E-state index in [-0.39, 0.29) is 41.1 Å². The van der Waals surface area contributed by atoms with Crippen LogP contribution in [0.15, 0.2) is 47.4 Å². The third-order valence-corrected chi connectivity index (χ3v) is 7.39. The van der Waals surface area contributed by atoms with E-state index in [2.05, 4.69) is 51.7 Å². The third kappa shape index (κ3) is 7.50. The summed E-state index contributed by atoms with van der Waals surface area (Å²) in [5, 5.41) is 8.86. The summed E-state index contributed by atoms with van der Waals surface area (Å²) in [6, 6.07) is 5.32. The second-order valence-electron chi connectivity index (χ2n) is 11.3. The number of halogens is 3. The molecule has 1 aromatic heterocycles. The SMILES string of the molecule is CC(C)(C)C1CCN(C(=O)NCc2ccc(-c3ccnc(NC(C=N[C@H]4CCNC4)=CN)n3)cc2C(F)(F)F)C1. The molecule has 0 bridgehead atoms.